The van der Waals surface area contributed by atoms with Crippen molar-refractivity contribution in [2.75, 3.05) is 0 Å². The largest absolute Gasteiger partial charge is 0.308 e. The standard InChI is InChI=1S/C14H17N3/c1-2-4-11(5-3-1)8-13-7-6-12-9-16-17-14(12)10-15-13/h1-5,9,13,15H,6-8,10H2,(H,16,17). The second-order valence-corrected chi connectivity index (χ2v) is 4.66. The highest BCUT2D eigenvalue weighted by molar-refractivity contribution is 5.20. The first kappa shape index (κ1) is 10.5. The summed E-state index contributed by atoms with van der Waals surface area (Å²) in [5.41, 5.74) is 3.96. The van der Waals surface area contributed by atoms with Crippen molar-refractivity contribution < 1.29 is 0 Å². The van der Waals surface area contributed by atoms with E-state index in [0.717, 1.165) is 19.4 Å². The Morgan fingerprint density at radius 2 is 2.12 bits per heavy atom. The van der Waals surface area contributed by atoms with Crippen LogP contribution in [0.25, 0.3) is 0 Å². The lowest BCUT2D eigenvalue weighted by atomic mass is 10.0. The molecule has 0 spiro atoms. The van der Waals surface area contributed by atoms with E-state index in [2.05, 4.69) is 45.8 Å². The molecule has 17 heavy (non-hydrogen) atoms. The third-order valence-electron chi connectivity index (χ3n) is 3.45. The van der Waals surface area contributed by atoms with E-state index in [4.69, 9.17) is 0 Å². The summed E-state index contributed by atoms with van der Waals surface area (Å²) in [6, 6.07) is 11.2. The predicted molar refractivity (Wildman–Crippen MR) is 67.7 cm³/mol. The zero-order valence-electron chi connectivity index (χ0n) is 9.82. The summed E-state index contributed by atoms with van der Waals surface area (Å²) < 4.78 is 0. The Morgan fingerprint density at radius 3 is 3.00 bits per heavy atom. The summed E-state index contributed by atoms with van der Waals surface area (Å²) in [4.78, 5) is 0. The molecular weight excluding hydrogens is 210 g/mol. The number of aromatic amines is 1. The number of fused-ring (bicyclic) bond motifs is 1. The first-order chi connectivity index (χ1) is 8.42. The van der Waals surface area contributed by atoms with Gasteiger partial charge in [0.15, 0.2) is 0 Å². The lowest BCUT2D eigenvalue weighted by molar-refractivity contribution is 0.489. The van der Waals surface area contributed by atoms with Gasteiger partial charge in [-0.1, -0.05) is 30.3 Å². The topological polar surface area (TPSA) is 40.7 Å². The van der Waals surface area contributed by atoms with Crippen LogP contribution in [-0.4, -0.2) is 16.2 Å². The minimum atomic E-state index is 0.562. The maximum absolute atomic E-state index is 4.27. The van der Waals surface area contributed by atoms with Gasteiger partial charge >= 0.3 is 0 Å². The van der Waals surface area contributed by atoms with Gasteiger partial charge in [0.05, 0.1) is 5.69 Å². The molecule has 0 radical (unpaired) electrons. The molecule has 1 aromatic carbocycles. The van der Waals surface area contributed by atoms with Gasteiger partial charge in [0.1, 0.15) is 0 Å². The third kappa shape index (κ3) is 2.39. The zero-order valence-corrected chi connectivity index (χ0v) is 9.82. The third-order valence-corrected chi connectivity index (χ3v) is 3.45. The van der Waals surface area contributed by atoms with Crippen LogP contribution in [0.15, 0.2) is 36.5 Å². The van der Waals surface area contributed by atoms with Crippen molar-refractivity contribution in [3.05, 3.63) is 53.3 Å². The van der Waals surface area contributed by atoms with Crippen LogP contribution in [0.5, 0.6) is 0 Å². The fraction of sp³-hybridized carbons (Fsp3) is 0.357. The highest BCUT2D eigenvalue weighted by Gasteiger charge is 2.17. The van der Waals surface area contributed by atoms with Crippen LogP contribution in [-0.2, 0) is 19.4 Å². The maximum atomic E-state index is 4.27. The summed E-state index contributed by atoms with van der Waals surface area (Å²) >= 11 is 0. The van der Waals surface area contributed by atoms with Crippen molar-refractivity contribution in [1.82, 2.24) is 15.5 Å². The molecule has 0 fully saturated rings. The van der Waals surface area contributed by atoms with E-state index in [1.54, 1.807) is 0 Å². The van der Waals surface area contributed by atoms with Crippen molar-refractivity contribution in [3.63, 3.8) is 0 Å². The molecule has 2 aromatic rings. The average molecular weight is 227 g/mol. The maximum Gasteiger partial charge on any atom is 0.0791 e. The van der Waals surface area contributed by atoms with Crippen molar-refractivity contribution in [1.29, 1.82) is 0 Å². The average Bonchev–Trinajstić information content (AvgIpc) is 2.74. The Hall–Kier alpha value is -1.61. The van der Waals surface area contributed by atoms with E-state index in [1.807, 2.05) is 6.20 Å². The summed E-state index contributed by atoms with van der Waals surface area (Å²) in [6.45, 7) is 0.885. The molecule has 3 nitrogen and oxygen atoms in total. The highest BCUT2D eigenvalue weighted by atomic mass is 15.1. The van der Waals surface area contributed by atoms with Crippen LogP contribution in [0.2, 0.25) is 0 Å². The number of rotatable bonds is 2. The fourth-order valence-corrected chi connectivity index (χ4v) is 2.46. The number of hydrogen-bond acceptors (Lipinski definition) is 2. The monoisotopic (exact) mass is 227 g/mol. The normalized spacial score (nSPS) is 19.6. The molecule has 3 heteroatoms. The van der Waals surface area contributed by atoms with Crippen LogP contribution in [0.3, 0.4) is 0 Å². The molecule has 1 unspecified atom stereocenters. The van der Waals surface area contributed by atoms with Gasteiger partial charge < -0.3 is 5.32 Å². The van der Waals surface area contributed by atoms with Crippen LogP contribution < -0.4 is 5.32 Å². The molecule has 0 amide bonds. The van der Waals surface area contributed by atoms with Gasteiger partial charge in [-0.15, -0.1) is 0 Å². The summed E-state index contributed by atoms with van der Waals surface area (Å²) in [5, 5.41) is 10.8. The van der Waals surface area contributed by atoms with E-state index in [1.165, 1.54) is 23.2 Å². The molecule has 0 saturated heterocycles. The second kappa shape index (κ2) is 4.72. The molecule has 2 N–H and O–H groups in total. The number of aryl methyl sites for hydroxylation is 1. The van der Waals surface area contributed by atoms with Gasteiger partial charge in [0.25, 0.3) is 0 Å². The van der Waals surface area contributed by atoms with E-state index in [0.29, 0.717) is 6.04 Å². The fourth-order valence-electron chi connectivity index (χ4n) is 2.46. The molecule has 3 rings (SSSR count). The molecule has 1 aromatic heterocycles. The van der Waals surface area contributed by atoms with Crippen LogP contribution in [0.4, 0.5) is 0 Å². The molecular formula is C14H17N3. The molecule has 0 aliphatic carbocycles. The van der Waals surface area contributed by atoms with Crippen LogP contribution >= 0.6 is 0 Å². The van der Waals surface area contributed by atoms with Gasteiger partial charge in [-0.25, -0.2) is 0 Å². The highest BCUT2D eigenvalue weighted by Crippen LogP contribution is 2.16. The number of aromatic nitrogens is 2. The van der Waals surface area contributed by atoms with E-state index in [-0.39, 0.29) is 0 Å². The molecule has 88 valence electrons. The quantitative estimate of drug-likeness (QED) is 0.824. The van der Waals surface area contributed by atoms with Crippen molar-refractivity contribution in [3.8, 4) is 0 Å². The molecule has 0 bridgehead atoms. The Bertz CT molecular complexity index is 453. The SMILES string of the molecule is c1ccc(CC2CCc3c[nH]nc3CN2)cc1. The predicted octanol–water partition coefficient (Wildman–Crippen LogP) is 2.06. The second-order valence-electron chi connectivity index (χ2n) is 4.66. The number of hydrogen-bond donors (Lipinski definition) is 2. The van der Waals surface area contributed by atoms with Crippen molar-refractivity contribution >= 4 is 0 Å². The van der Waals surface area contributed by atoms with E-state index >= 15 is 0 Å². The van der Waals surface area contributed by atoms with Crippen LogP contribution in [0, 0.1) is 0 Å². The van der Waals surface area contributed by atoms with Gasteiger partial charge in [-0.3, -0.25) is 5.10 Å². The summed E-state index contributed by atoms with van der Waals surface area (Å²) in [6.07, 6.45) is 5.44. The lowest BCUT2D eigenvalue weighted by Crippen LogP contribution is -2.29. The molecule has 2 heterocycles. The van der Waals surface area contributed by atoms with Gasteiger partial charge in [0.2, 0.25) is 0 Å². The molecule has 1 aliphatic heterocycles. The molecule has 1 aliphatic rings. The Morgan fingerprint density at radius 1 is 1.24 bits per heavy atom. The Balaban J connectivity index is 1.66. The molecule has 1 atom stereocenters. The van der Waals surface area contributed by atoms with Gasteiger partial charge in [-0.05, 0) is 30.4 Å². The van der Waals surface area contributed by atoms with E-state index < -0.39 is 0 Å². The van der Waals surface area contributed by atoms with Gasteiger partial charge in [0, 0.05) is 18.8 Å². The minimum absolute atomic E-state index is 0.562. The summed E-state index contributed by atoms with van der Waals surface area (Å²) in [7, 11) is 0. The van der Waals surface area contributed by atoms with Gasteiger partial charge in [-0.2, -0.15) is 5.10 Å². The number of H-pyrrole nitrogens is 1. The Kier molecular flexibility index (Phi) is 2.92. The number of nitrogens with zero attached hydrogens (tertiary/aromatic N) is 1. The zero-order chi connectivity index (χ0) is 11.5. The van der Waals surface area contributed by atoms with Crippen LogP contribution in [0.1, 0.15) is 23.2 Å². The molecule has 0 saturated carbocycles. The first-order valence-corrected chi connectivity index (χ1v) is 6.20. The number of nitrogens with one attached hydrogen (secondary N) is 2. The minimum Gasteiger partial charge on any atom is -0.308 e. The van der Waals surface area contributed by atoms with Crippen molar-refractivity contribution in [2.24, 2.45) is 0 Å². The van der Waals surface area contributed by atoms with Crippen molar-refractivity contribution in [2.45, 2.75) is 31.8 Å². The summed E-state index contributed by atoms with van der Waals surface area (Å²) in [5.74, 6) is 0. The first-order valence-electron chi connectivity index (χ1n) is 6.20. The van der Waals surface area contributed by atoms with E-state index in [9.17, 15) is 0 Å². The smallest absolute Gasteiger partial charge is 0.0791 e. The Labute approximate surface area is 101 Å². The number of benzene rings is 1. The lowest BCUT2D eigenvalue weighted by Gasteiger charge is -2.15.